The molecule has 3 rings (SSSR count). The van der Waals surface area contributed by atoms with E-state index in [0.717, 1.165) is 17.1 Å². The van der Waals surface area contributed by atoms with Gasteiger partial charge in [0, 0.05) is 18.3 Å². The van der Waals surface area contributed by atoms with Crippen LogP contribution < -0.4 is 10.6 Å². The number of nitrogens with one attached hydrogen (secondary N) is 2. The van der Waals surface area contributed by atoms with Crippen LogP contribution in [-0.4, -0.2) is 28.3 Å². The smallest absolute Gasteiger partial charge is 0.254 e. The van der Waals surface area contributed by atoms with Gasteiger partial charge in [-0.25, -0.2) is 4.68 Å². The van der Waals surface area contributed by atoms with E-state index in [1.54, 1.807) is 10.9 Å². The van der Waals surface area contributed by atoms with E-state index in [2.05, 4.69) is 29.6 Å². The molecule has 5 heteroatoms. The van der Waals surface area contributed by atoms with Crippen LogP contribution in [-0.2, 0) is 0 Å². The molecular weight excluding hydrogens is 336 g/mol. The summed E-state index contributed by atoms with van der Waals surface area (Å²) in [5.41, 5.74) is 3.43. The Bertz CT molecular complexity index is 872. The number of aromatic nitrogens is 2. The molecule has 27 heavy (non-hydrogen) atoms. The minimum absolute atomic E-state index is 0.102. The van der Waals surface area contributed by atoms with E-state index >= 15 is 0 Å². The number of rotatable bonds is 7. The second kappa shape index (κ2) is 8.54. The van der Waals surface area contributed by atoms with Crippen LogP contribution in [0.4, 0.5) is 5.69 Å². The molecule has 0 saturated heterocycles. The van der Waals surface area contributed by atoms with Gasteiger partial charge in [0.1, 0.15) is 0 Å². The Hall–Kier alpha value is -3.08. The Labute approximate surface area is 160 Å². The van der Waals surface area contributed by atoms with E-state index in [4.69, 9.17) is 0 Å². The molecule has 1 heterocycles. The normalized spacial score (nSPS) is 12.0. The van der Waals surface area contributed by atoms with Crippen LogP contribution >= 0.6 is 0 Å². The first-order valence-corrected chi connectivity index (χ1v) is 9.26. The lowest BCUT2D eigenvalue weighted by atomic mass is 10.0. The number of amides is 1. The van der Waals surface area contributed by atoms with E-state index in [0.29, 0.717) is 18.0 Å². The topological polar surface area (TPSA) is 59.0 Å². The number of benzene rings is 2. The Morgan fingerprint density at radius 1 is 1.04 bits per heavy atom. The molecule has 2 aromatic carbocycles. The van der Waals surface area contributed by atoms with Crippen LogP contribution in [0.5, 0.6) is 0 Å². The molecule has 0 aliphatic rings. The molecule has 0 saturated carbocycles. The average Bonchev–Trinajstić information content (AvgIpc) is 3.07. The zero-order valence-corrected chi connectivity index (χ0v) is 16.0. The van der Waals surface area contributed by atoms with E-state index < -0.39 is 0 Å². The van der Waals surface area contributed by atoms with Crippen molar-refractivity contribution in [2.24, 2.45) is 5.92 Å². The summed E-state index contributed by atoms with van der Waals surface area (Å²) in [6.45, 7) is 6.75. The van der Waals surface area contributed by atoms with Gasteiger partial charge in [0.25, 0.3) is 5.91 Å². The van der Waals surface area contributed by atoms with Gasteiger partial charge in [-0.15, -0.1) is 0 Å². The van der Waals surface area contributed by atoms with Crippen molar-refractivity contribution < 1.29 is 4.79 Å². The first-order valence-electron chi connectivity index (χ1n) is 9.26. The van der Waals surface area contributed by atoms with Gasteiger partial charge in [-0.3, -0.25) is 4.79 Å². The van der Waals surface area contributed by atoms with E-state index in [1.807, 2.05) is 67.6 Å². The second-order valence-electron chi connectivity index (χ2n) is 6.96. The van der Waals surface area contributed by atoms with Gasteiger partial charge in [-0.1, -0.05) is 50.2 Å². The van der Waals surface area contributed by atoms with Crippen molar-refractivity contribution in [3.63, 3.8) is 0 Å². The molecule has 140 valence electrons. The summed E-state index contributed by atoms with van der Waals surface area (Å²) in [5, 5.41) is 10.9. The van der Waals surface area contributed by atoms with Crippen molar-refractivity contribution in [1.82, 2.24) is 15.1 Å². The lowest BCUT2D eigenvalue weighted by Gasteiger charge is -2.24. The van der Waals surface area contributed by atoms with E-state index in [9.17, 15) is 4.79 Å². The fourth-order valence-corrected chi connectivity index (χ4v) is 2.96. The summed E-state index contributed by atoms with van der Waals surface area (Å²) in [6.07, 6.45) is 1.63. The minimum atomic E-state index is -0.102. The first-order chi connectivity index (χ1) is 13.1. The fraction of sp³-hybridized carbons (Fsp3) is 0.273. The molecule has 5 nitrogen and oxygen atoms in total. The van der Waals surface area contributed by atoms with Gasteiger partial charge in [0.05, 0.1) is 23.1 Å². The van der Waals surface area contributed by atoms with Crippen molar-refractivity contribution >= 4 is 11.6 Å². The Kier molecular flexibility index (Phi) is 5.91. The molecule has 0 spiro atoms. The van der Waals surface area contributed by atoms with E-state index in [1.165, 1.54) is 0 Å². The Balaban J connectivity index is 1.67. The maximum Gasteiger partial charge on any atom is 0.254 e. The van der Waals surface area contributed by atoms with Gasteiger partial charge in [0.15, 0.2) is 0 Å². The van der Waals surface area contributed by atoms with Gasteiger partial charge in [-0.2, -0.15) is 5.10 Å². The summed E-state index contributed by atoms with van der Waals surface area (Å²) in [6, 6.07) is 20.0. The highest BCUT2D eigenvalue weighted by molar-refractivity contribution is 5.95. The highest BCUT2D eigenvalue weighted by atomic mass is 16.1. The summed E-state index contributed by atoms with van der Waals surface area (Å²) >= 11 is 0. The molecule has 3 aromatic rings. The van der Waals surface area contributed by atoms with E-state index in [-0.39, 0.29) is 11.9 Å². The maximum atomic E-state index is 12.7. The highest BCUT2D eigenvalue weighted by Gasteiger charge is 2.18. The number of hydrogen-bond donors (Lipinski definition) is 2. The van der Waals surface area contributed by atoms with Crippen molar-refractivity contribution in [2.75, 3.05) is 11.9 Å². The zero-order valence-electron chi connectivity index (χ0n) is 16.0. The SMILES string of the molecule is Cc1c(C(=O)NCC(Nc2ccccc2)C(C)C)cnn1-c1ccccc1. The average molecular weight is 362 g/mol. The monoisotopic (exact) mass is 362 g/mol. The summed E-state index contributed by atoms with van der Waals surface area (Å²) in [4.78, 5) is 12.7. The molecule has 0 bridgehead atoms. The van der Waals surface area contributed by atoms with Crippen LogP contribution in [0.15, 0.2) is 66.9 Å². The molecule has 0 fully saturated rings. The summed E-state index contributed by atoms with van der Waals surface area (Å²) in [5.74, 6) is 0.272. The third-order valence-corrected chi connectivity index (χ3v) is 4.67. The van der Waals surface area contributed by atoms with Crippen molar-refractivity contribution in [2.45, 2.75) is 26.8 Å². The van der Waals surface area contributed by atoms with Crippen molar-refractivity contribution in [1.29, 1.82) is 0 Å². The molecule has 1 atom stereocenters. The quantitative estimate of drug-likeness (QED) is 0.667. The largest absolute Gasteiger partial charge is 0.380 e. The summed E-state index contributed by atoms with van der Waals surface area (Å²) < 4.78 is 1.79. The highest BCUT2D eigenvalue weighted by Crippen LogP contribution is 2.15. The lowest BCUT2D eigenvalue weighted by molar-refractivity contribution is 0.0949. The molecule has 0 aliphatic carbocycles. The Morgan fingerprint density at radius 2 is 1.67 bits per heavy atom. The predicted molar refractivity (Wildman–Crippen MR) is 109 cm³/mol. The number of carbonyl (C=O) groups excluding carboxylic acids is 1. The zero-order chi connectivity index (χ0) is 19.2. The van der Waals surface area contributed by atoms with Crippen LogP contribution in [0.25, 0.3) is 5.69 Å². The van der Waals surface area contributed by atoms with Crippen LogP contribution in [0.2, 0.25) is 0 Å². The van der Waals surface area contributed by atoms with Crippen LogP contribution in [0, 0.1) is 12.8 Å². The Morgan fingerprint density at radius 3 is 2.30 bits per heavy atom. The van der Waals surface area contributed by atoms with Crippen molar-refractivity contribution in [3.8, 4) is 5.69 Å². The van der Waals surface area contributed by atoms with Gasteiger partial charge in [0.2, 0.25) is 0 Å². The molecule has 1 amide bonds. The first kappa shape index (κ1) is 18.7. The standard InChI is InChI=1S/C22H26N4O/c1-16(2)21(25-18-10-6-4-7-11-18)15-23-22(27)20-14-24-26(17(20)3)19-12-8-5-9-13-19/h4-14,16,21,25H,15H2,1-3H3,(H,23,27). The fourth-order valence-electron chi connectivity index (χ4n) is 2.96. The van der Waals surface area contributed by atoms with Crippen molar-refractivity contribution in [3.05, 3.63) is 78.1 Å². The molecule has 1 aromatic heterocycles. The third kappa shape index (κ3) is 4.56. The molecule has 0 aliphatic heterocycles. The number of anilines is 1. The third-order valence-electron chi connectivity index (χ3n) is 4.67. The molecular formula is C22H26N4O. The van der Waals surface area contributed by atoms with Gasteiger partial charge in [-0.05, 0) is 37.1 Å². The number of nitrogens with zero attached hydrogens (tertiary/aromatic N) is 2. The number of para-hydroxylation sites is 2. The van der Waals surface area contributed by atoms with Gasteiger partial charge < -0.3 is 10.6 Å². The molecule has 2 N–H and O–H groups in total. The minimum Gasteiger partial charge on any atom is -0.380 e. The number of carbonyl (C=O) groups is 1. The molecule has 0 radical (unpaired) electrons. The number of hydrogen-bond acceptors (Lipinski definition) is 3. The summed E-state index contributed by atoms with van der Waals surface area (Å²) in [7, 11) is 0. The lowest BCUT2D eigenvalue weighted by Crippen LogP contribution is -2.39. The van der Waals surface area contributed by atoms with Crippen LogP contribution in [0.3, 0.4) is 0 Å². The predicted octanol–water partition coefficient (Wildman–Crippen LogP) is 4.05. The second-order valence-corrected chi connectivity index (χ2v) is 6.96. The van der Waals surface area contributed by atoms with Gasteiger partial charge >= 0.3 is 0 Å². The molecule has 1 unspecified atom stereocenters. The van der Waals surface area contributed by atoms with Crippen LogP contribution in [0.1, 0.15) is 29.9 Å². The maximum absolute atomic E-state index is 12.7.